The first-order valence-electron chi connectivity index (χ1n) is 13.2. The van der Waals surface area contributed by atoms with Gasteiger partial charge >= 0.3 is 0 Å². The second-order valence-corrected chi connectivity index (χ2v) is 10.2. The fraction of sp³-hybridized carbons (Fsp3) is 0.200. The number of benzene rings is 3. The minimum absolute atomic E-state index is 0.0115. The van der Waals surface area contributed by atoms with Gasteiger partial charge in [0.1, 0.15) is 0 Å². The monoisotopic (exact) mass is 553 g/mol. The van der Waals surface area contributed by atoms with Crippen LogP contribution in [-0.2, 0) is 7.05 Å². The van der Waals surface area contributed by atoms with Gasteiger partial charge in [-0.15, -0.1) is 0 Å². The van der Waals surface area contributed by atoms with Gasteiger partial charge in [0.05, 0.1) is 16.8 Å². The Morgan fingerprint density at radius 2 is 1.78 bits per heavy atom. The Labute approximate surface area is 234 Å². The number of aryl methyl sites for hydroxylation is 1. The standard InChI is InChI=1S/C30H28FN7O3/c1-36-12-14-38(15-13-36)30(41)17-6-7-20-23(16-17)34-26-21(27(32)39)9-8-18(24(20)26)19-4-3-5-22(25(19)31)35-29(40)28-33-10-11-37(28)2/h3-11,16,34H,12-15H2,1-2H3,(H2,32,39)(H,35,40). The van der Waals surface area contributed by atoms with E-state index in [2.05, 4.69) is 20.2 Å². The van der Waals surface area contributed by atoms with Crippen LogP contribution < -0.4 is 11.1 Å². The maximum Gasteiger partial charge on any atom is 0.291 e. The average Bonchev–Trinajstić information content (AvgIpc) is 3.57. The Kier molecular flexibility index (Phi) is 6.50. The highest BCUT2D eigenvalue weighted by Crippen LogP contribution is 2.39. The number of hydrogen-bond donors (Lipinski definition) is 3. The number of carbonyl (C=O) groups excluding carboxylic acids is 3. The summed E-state index contributed by atoms with van der Waals surface area (Å²) in [4.78, 5) is 49.6. The van der Waals surface area contributed by atoms with Crippen LogP contribution in [0, 0.1) is 5.82 Å². The summed E-state index contributed by atoms with van der Waals surface area (Å²) in [6.45, 7) is 2.89. The molecular weight excluding hydrogens is 525 g/mol. The number of anilines is 1. The maximum absolute atomic E-state index is 16.0. The van der Waals surface area contributed by atoms with E-state index in [4.69, 9.17) is 5.73 Å². The predicted molar refractivity (Wildman–Crippen MR) is 154 cm³/mol. The Morgan fingerprint density at radius 3 is 2.49 bits per heavy atom. The van der Waals surface area contributed by atoms with Gasteiger partial charge in [0.15, 0.2) is 11.6 Å². The molecule has 1 aliphatic rings. The minimum atomic E-state index is -0.640. The van der Waals surface area contributed by atoms with Crippen LogP contribution in [0.3, 0.4) is 0 Å². The third kappa shape index (κ3) is 4.59. The van der Waals surface area contributed by atoms with Crippen molar-refractivity contribution in [1.82, 2.24) is 24.3 Å². The molecule has 3 amide bonds. The van der Waals surface area contributed by atoms with E-state index < -0.39 is 17.6 Å². The number of imidazole rings is 1. The number of nitrogens with zero attached hydrogens (tertiary/aromatic N) is 4. The highest BCUT2D eigenvalue weighted by molar-refractivity contribution is 6.20. The molecule has 0 saturated carbocycles. The quantitative estimate of drug-likeness (QED) is 0.306. The molecule has 0 spiro atoms. The zero-order chi connectivity index (χ0) is 28.8. The molecule has 3 aromatic carbocycles. The highest BCUT2D eigenvalue weighted by Gasteiger charge is 2.24. The summed E-state index contributed by atoms with van der Waals surface area (Å²) in [6, 6.07) is 13.2. The van der Waals surface area contributed by atoms with Gasteiger partial charge in [-0.2, -0.15) is 0 Å². The van der Waals surface area contributed by atoms with Gasteiger partial charge in [-0.25, -0.2) is 9.37 Å². The van der Waals surface area contributed by atoms with Crippen molar-refractivity contribution in [2.45, 2.75) is 0 Å². The van der Waals surface area contributed by atoms with Gasteiger partial charge < -0.3 is 30.4 Å². The van der Waals surface area contributed by atoms with Crippen molar-refractivity contribution in [3.63, 3.8) is 0 Å². The van der Waals surface area contributed by atoms with Gasteiger partial charge in [0.25, 0.3) is 17.7 Å². The molecule has 0 radical (unpaired) electrons. The summed E-state index contributed by atoms with van der Waals surface area (Å²) in [7, 11) is 3.70. The number of carbonyl (C=O) groups is 3. The van der Waals surface area contributed by atoms with Crippen molar-refractivity contribution in [2.24, 2.45) is 12.8 Å². The first-order valence-corrected chi connectivity index (χ1v) is 13.2. The van der Waals surface area contributed by atoms with E-state index in [0.717, 1.165) is 13.1 Å². The average molecular weight is 554 g/mol. The van der Waals surface area contributed by atoms with Crippen LogP contribution in [0.1, 0.15) is 31.3 Å². The number of fused-ring (bicyclic) bond motifs is 3. The van der Waals surface area contributed by atoms with Crippen LogP contribution in [0.25, 0.3) is 32.9 Å². The van der Waals surface area contributed by atoms with Crippen LogP contribution in [0.5, 0.6) is 0 Å². The molecule has 1 aliphatic heterocycles. The van der Waals surface area contributed by atoms with E-state index in [1.165, 1.54) is 16.8 Å². The van der Waals surface area contributed by atoms with E-state index in [1.54, 1.807) is 55.7 Å². The van der Waals surface area contributed by atoms with Crippen molar-refractivity contribution in [1.29, 1.82) is 0 Å². The van der Waals surface area contributed by atoms with E-state index >= 15 is 4.39 Å². The molecule has 41 heavy (non-hydrogen) atoms. The summed E-state index contributed by atoms with van der Waals surface area (Å²) >= 11 is 0. The molecule has 6 rings (SSSR count). The van der Waals surface area contributed by atoms with Gasteiger partial charge in [0.2, 0.25) is 0 Å². The highest BCUT2D eigenvalue weighted by atomic mass is 19.1. The number of hydrogen-bond acceptors (Lipinski definition) is 5. The number of amides is 3. The number of rotatable bonds is 5. The van der Waals surface area contributed by atoms with Crippen molar-refractivity contribution >= 4 is 45.2 Å². The molecule has 2 aromatic heterocycles. The van der Waals surface area contributed by atoms with Crippen LogP contribution >= 0.6 is 0 Å². The number of likely N-dealkylation sites (N-methyl/N-ethyl adjacent to an activating group) is 1. The third-order valence-corrected chi connectivity index (χ3v) is 7.62. The second-order valence-electron chi connectivity index (χ2n) is 10.2. The molecule has 10 nitrogen and oxygen atoms in total. The van der Waals surface area contributed by atoms with Crippen molar-refractivity contribution in [3.05, 3.63) is 83.7 Å². The van der Waals surface area contributed by atoms with Crippen LogP contribution in [0.2, 0.25) is 0 Å². The van der Waals surface area contributed by atoms with Gasteiger partial charge in [0, 0.05) is 73.0 Å². The zero-order valence-corrected chi connectivity index (χ0v) is 22.6. The zero-order valence-electron chi connectivity index (χ0n) is 22.6. The Bertz CT molecular complexity index is 1850. The van der Waals surface area contributed by atoms with Crippen molar-refractivity contribution < 1.29 is 18.8 Å². The number of piperazine rings is 1. The lowest BCUT2D eigenvalue weighted by Crippen LogP contribution is -2.47. The van der Waals surface area contributed by atoms with Crippen LogP contribution in [0.15, 0.2) is 60.9 Å². The molecule has 1 fully saturated rings. The third-order valence-electron chi connectivity index (χ3n) is 7.62. The molecule has 5 aromatic rings. The SMILES string of the molecule is CN1CCN(C(=O)c2ccc3c(c2)[nH]c2c(C(N)=O)ccc(-c4cccc(NC(=O)c5nccn5C)c4F)c23)CC1. The van der Waals surface area contributed by atoms with E-state index in [1.807, 2.05) is 11.9 Å². The molecule has 4 N–H and O–H groups in total. The van der Waals surface area contributed by atoms with Gasteiger partial charge in [-0.1, -0.05) is 24.3 Å². The summed E-state index contributed by atoms with van der Waals surface area (Å²) in [5.41, 5.74) is 8.22. The van der Waals surface area contributed by atoms with Crippen LogP contribution in [-0.4, -0.2) is 75.3 Å². The molecule has 0 unspecified atom stereocenters. The first kappa shape index (κ1) is 26.2. The number of halogens is 1. The fourth-order valence-electron chi connectivity index (χ4n) is 5.37. The number of aromatic amines is 1. The number of nitrogens with one attached hydrogen (secondary N) is 2. The molecule has 11 heteroatoms. The predicted octanol–water partition coefficient (Wildman–Crippen LogP) is 3.60. The van der Waals surface area contributed by atoms with E-state index in [0.29, 0.717) is 46.0 Å². The van der Waals surface area contributed by atoms with Crippen molar-refractivity contribution in [3.8, 4) is 11.1 Å². The summed E-state index contributed by atoms with van der Waals surface area (Å²) < 4.78 is 17.5. The van der Waals surface area contributed by atoms with Gasteiger partial charge in [-0.05, 0) is 36.9 Å². The number of nitrogens with two attached hydrogens (primary N) is 1. The second kappa shape index (κ2) is 10.2. The number of aromatic nitrogens is 3. The maximum atomic E-state index is 16.0. The number of primary amides is 1. The number of H-pyrrole nitrogens is 1. The summed E-state index contributed by atoms with van der Waals surface area (Å²) in [5, 5.41) is 3.89. The molecule has 0 atom stereocenters. The minimum Gasteiger partial charge on any atom is -0.366 e. The Balaban J connectivity index is 1.45. The lowest BCUT2D eigenvalue weighted by Gasteiger charge is -2.32. The molecule has 1 saturated heterocycles. The largest absolute Gasteiger partial charge is 0.366 e. The van der Waals surface area contributed by atoms with Gasteiger partial charge in [-0.3, -0.25) is 14.4 Å². The smallest absolute Gasteiger partial charge is 0.291 e. The summed E-state index contributed by atoms with van der Waals surface area (Å²) in [5.74, 6) is -1.76. The lowest BCUT2D eigenvalue weighted by molar-refractivity contribution is 0.0664. The molecular formula is C30H28FN7O3. The van der Waals surface area contributed by atoms with Crippen LogP contribution in [0.4, 0.5) is 10.1 Å². The molecule has 0 bridgehead atoms. The Hall–Kier alpha value is -5.03. The summed E-state index contributed by atoms with van der Waals surface area (Å²) in [6.07, 6.45) is 3.11. The lowest BCUT2D eigenvalue weighted by atomic mass is 9.95. The van der Waals surface area contributed by atoms with Crippen molar-refractivity contribution in [2.75, 3.05) is 38.5 Å². The van der Waals surface area contributed by atoms with E-state index in [-0.39, 0.29) is 28.5 Å². The fourth-order valence-corrected chi connectivity index (χ4v) is 5.37. The molecule has 0 aliphatic carbocycles. The first-order chi connectivity index (χ1) is 19.7. The topological polar surface area (TPSA) is 129 Å². The molecule has 3 heterocycles. The normalized spacial score (nSPS) is 14.1. The Morgan fingerprint density at radius 1 is 1.00 bits per heavy atom. The molecule has 208 valence electrons. The van der Waals surface area contributed by atoms with E-state index in [9.17, 15) is 14.4 Å².